The first-order valence-electron chi connectivity index (χ1n) is 5.79. The minimum absolute atomic E-state index is 0.112. The second kappa shape index (κ2) is 5.17. The Morgan fingerprint density at radius 3 is 2.47 bits per heavy atom. The predicted octanol–water partition coefficient (Wildman–Crippen LogP) is 2.21. The zero-order valence-electron chi connectivity index (χ0n) is 10.8. The molecule has 17 heavy (non-hydrogen) atoms. The quantitative estimate of drug-likeness (QED) is 0.873. The summed E-state index contributed by atoms with van der Waals surface area (Å²) in [5, 5.41) is 9.03. The van der Waals surface area contributed by atoms with Crippen molar-refractivity contribution < 1.29 is 9.90 Å². The molecule has 0 amide bonds. The highest BCUT2D eigenvalue weighted by Gasteiger charge is 2.16. The minimum atomic E-state index is -1.15. The van der Waals surface area contributed by atoms with Crippen molar-refractivity contribution in [2.24, 2.45) is 5.92 Å². The molecule has 0 aliphatic carbocycles. The average Bonchev–Trinajstić information content (AvgIpc) is 2.14. The third-order valence-electron chi connectivity index (χ3n) is 2.85. The maximum Gasteiger partial charge on any atom is 0.341 e. The summed E-state index contributed by atoms with van der Waals surface area (Å²) in [6, 6.07) is 1.76. The normalized spacial score (nSPS) is 10.9. The number of hydrogen-bond acceptors (Lipinski definition) is 2. The van der Waals surface area contributed by atoms with E-state index in [-0.39, 0.29) is 5.56 Å². The number of hydrogen-bond donors (Lipinski definition) is 1. The van der Waals surface area contributed by atoms with E-state index in [0.29, 0.717) is 18.0 Å². The maximum atomic E-state index is 12.0. The Morgan fingerprint density at radius 2 is 2.00 bits per heavy atom. The first kappa shape index (κ1) is 13.5. The van der Waals surface area contributed by atoms with E-state index in [1.807, 2.05) is 6.92 Å². The number of rotatable bonds is 4. The lowest BCUT2D eigenvalue weighted by Gasteiger charge is -2.13. The predicted molar refractivity (Wildman–Crippen MR) is 66.6 cm³/mol. The highest BCUT2D eigenvalue weighted by molar-refractivity contribution is 5.88. The molecule has 0 atom stereocenters. The van der Waals surface area contributed by atoms with E-state index in [9.17, 15) is 9.59 Å². The van der Waals surface area contributed by atoms with Gasteiger partial charge in [0.2, 0.25) is 0 Å². The molecule has 0 aromatic carbocycles. The summed E-state index contributed by atoms with van der Waals surface area (Å²) in [6.07, 6.45) is 0.864. The summed E-state index contributed by atoms with van der Waals surface area (Å²) in [4.78, 5) is 23.1. The van der Waals surface area contributed by atoms with Crippen molar-refractivity contribution in [2.75, 3.05) is 0 Å². The molecule has 0 saturated heterocycles. The summed E-state index contributed by atoms with van der Waals surface area (Å²) < 4.78 is 1.55. The Labute approximate surface area is 101 Å². The first-order chi connectivity index (χ1) is 7.84. The smallest absolute Gasteiger partial charge is 0.341 e. The van der Waals surface area contributed by atoms with Crippen LogP contribution in [-0.4, -0.2) is 15.6 Å². The van der Waals surface area contributed by atoms with E-state index in [2.05, 4.69) is 13.8 Å². The van der Waals surface area contributed by atoms with Gasteiger partial charge in [-0.2, -0.15) is 0 Å². The average molecular weight is 237 g/mol. The number of aryl methyl sites for hydroxylation is 2. The van der Waals surface area contributed by atoms with Crippen LogP contribution in [0.25, 0.3) is 0 Å². The van der Waals surface area contributed by atoms with Gasteiger partial charge in [0.15, 0.2) is 0 Å². The molecule has 0 spiro atoms. The highest BCUT2D eigenvalue weighted by Crippen LogP contribution is 2.09. The highest BCUT2D eigenvalue weighted by atomic mass is 16.4. The molecule has 94 valence electrons. The summed E-state index contributed by atoms with van der Waals surface area (Å²) in [5.74, 6) is -0.665. The van der Waals surface area contributed by atoms with Crippen LogP contribution >= 0.6 is 0 Å². The fourth-order valence-corrected chi connectivity index (χ4v) is 1.85. The molecule has 1 rings (SSSR count). The topological polar surface area (TPSA) is 59.3 Å². The molecule has 0 unspecified atom stereocenters. The van der Waals surface area contributed by atoms with Crippen LogP contribution in [0.15, 0.2) is 10.9 Å². The third kappa shape index (κ3) is 2.96. The number of aromatic carboxylic acids is 1. The van der Waals surface area contributed by atoms with E-state index in [4.69, 9.17) is 5.11 Å². The molecular formula is C13H19NO3. The fourth-order valence-electron chi connectivity index (χ4n) is 1.85. The molecule has 0 fully saturated rings. The molecule has 4 nitrogen and oxygen atoms in total. The largest absolute Gasteiger partial charge is 0.477 e. The molecule has 4 heteroatoms. The van der Waals surface area contributed by atoms with Gasteiger partial charge in [0.1, 0.15) is 5.56 Å². The van der Waals surface area contributed by atoms with E-state index in [1.165, 1.54) is 0 Å². The number of aromatic nitrogens is 1. The standard InChI is InChI=1S/C13H19NO3/c1-8(2)5-6-14-10(4)7-9(3)11(12(14)15)13(16)17/h7-8H,5-6H2,1-4H3,(H,16,17). The Balaban J connectivity index is 3.26. The molecule has 1 heterocycles. The first-order valence-corrected chi connectivity index (χ1v) is 5.79. The molecule has 0 radical (unpaired) electrons. The zero-order chi connectivity index (χ0) is 13.2. The van der Waals surface area contributed by atoms with Crippen LogP contribution < -0.4 is 5.56 Å². The van der Waals surface area contributed by atoms with Gasteiger partial charge in [0.25, 0.3) is 5.56 Å². The van der Waals surface area contributed by atoms with E-state index < -0.39 is 11.5 Å². The van der Waals surface area contributed by atoms with Crippen molar-refractivity contribution >= 4 is 5.97 Å². The Kier molecular flexibility index (Phi) is 4.10. The molecule has 0 aliphatic rings. The van der Waals surface area contributed by atoms with Gasteiger partial charge in [-0.05, 0) is 37.8 Å². The molecule has 1 N–H and O–H groups in total. The molecule has 1 aromatic heterocycles. The second-order valence-electron chi connectivity index (χ2n) is 4.79. The minimum Gasteiger partial charge on any atom is -0.477 e. The van der Waals surface area contributed by atoms with Crippen molar-refractivity contribution in [3.8, 4) is 0 Å². The van der Waals surface area contributed by atoms with Crippen molar-refractivity contribution in [2.45, 2.75) is 40.7 Å². The SMILES string of the molecule is Cc1cc(C)n(CCC(C)C)c(=O)c1C(=O)O. The van der Waals surface area contributed by atoms with Crippen LogP contribution in [-0.2, 0) is 6.54 Å². The molecule has 0 saturated carbocycles. The van der Waals surface area contributed by atoms with Gasteiger partial charge in [0, 0.05) is 12.2 Å². The van der Waals surface area contributed by atoms with Gasteiger partial charge in [-0.15, -0.1) is 0 Å². The Bertz CT molecular complexity index is 486. The van der Waals surface area contributed by atoms with E-state index in [0.717, 1.165) is 12.1 Å². The lowest BCUT2D eigenvalue weighted by molar-refractivity contribution is 0.0693. The summed E-state index contributed by atoms with van der Waals surface area (Å²) in [5.41, 5.74) is 0.842. The number of carboxylic acids is 1. The van der Waals surface area contributed by atoms with Gasteiger partial charge in [-0.3, -0.25) is 4.79 Å². The van der Waals surface area contributed by atoms with Crippen LogP contribution in [0, 0.1) is 19.8 Å². The van der Waals surface area contributed by atoms with Crippen molar-refractivity contribution in [1.29, 1.82) is 0 Å². The molecule has 0 bridgehead atoms. The summed E-state index contributed by atoms with van der Waals surface area (Å²) in [6.45, 7) is 8.22. The van der Waals surface area contributed by atoms with Gasteiger partial charge in [-0.25, -0.2) is 4.79 Å². The number of nitrogens with zero attached hydrogens (tertiary/aromatic N) is 1. The summed E-state index contributed by atoms with van der Waals surface area (Å²) >= 11 is 0. The fraction of sp³-hybridized carbons (Fsp3) is 0.538. The number of carbonyl (C=O) groups is 1. The lowest BCUT2D eigenvalue weighted by atomic mass is 10.1. The summed E-state index contributed by atoms with van der Waals surface area (Å²) in [7, 11) is 0. The van der Waals surface area contributed by atoms with Crippen LogP contribution in [0.5, 0.6) is 0 Å². The van der Waals surface area contributed by atoms with Gasteiger partial charge >= 0.3 is 5.97 Å². The Hall–Kier alpha value is -1.58. The van der Waals surface area contributed by atoms with Crippen LogP contribution in [0.1, 0.15) is 41.9 Å². The Morgan fingerprint density at radius 1 is 1.41 bits per heavy atom. The molecule has 1 aromatic rings. The van der Waals surface area contributed by atoms with Crippen molar-refractivity contribution in [1.82, 2.24) is 4.57 Å². The van der Waals surface area contributed by atoms with Crippen molar-refractivity contribution in [3.05, 3.63) is 33.2 Å². The van der Waals surface area contributed by atoms with E-state index >= 15 is 0 Å². The van der Waals surface area contributed by atoms with E-state index in [1.54, 1.807) is 17.6 Å². The lowest BCUT2D eigenvalue weighted by Crippen LogP contribution is -2.29. The van der Waals surface area contributed by atoms with Gasteiger partial charge in [-0.1, -0.05) is 13.8 Å². The number of carboxylic acid groups (broad SMARTS) is 1. The monoisotopic (exact) mass is 237 g/mol. The van der Waals surface area contributed by atoms with Crippen LogP contribution in [0.2, 0.25) is 0 Å². The molecule has 0 aliphatic heterocycles. The number of pyridine rings is 1. The molecular weight excluding hydrogens is 218 g/mol. The van der Waals surface area contributed by atoms with Crippen LogP contribution in [0.4, 0.5) is 0 Å². The third-order valence-corrected chi connectivity index (χ3v) is 2.85. The van der Waals surface area contributed by atoms with Crippen molar-refractivity contribution in [3.63, 3.8) is 0 Å². The maximum absolute atomic E-state index is 12.0. The van der Waals surface area contributed by atoms with Gasteiger partial charge in [0.05, 0.1) is 0 Å². The van der Waals surface area contributed by atoms with Gasteiger partial charge < -0.3 is 9.67 Å². The van der Waals surface area contributed by atoms with Crippen LogP contribution in [0.3, 0.4) is 0 Å². The second-order valence-corrected chi connectivity index (χ2v) is 4.79. The zero-order valence-corrected chi connectivity index (χ0v) is 10.8.